The largest absolute Gasteiger partial charge is 0.462 e. The topological polar surface area (TPSA) is 75.9 Å². The Labute approximate surface area is 185 Å². The van der Waals surface area contributed by atoms with E-state index in [4.69, 9.17) is 9.15 Å². The zero-order chi connectivity index (χ0) is 22.5. The monoisotopic (exact) mass is 437 g/mol. The molecule has 3 heterocycles. The Balaban J connectivity index is 1.39. The predicted molar refractivity (Wildman–Crippen MR) is 117 cm³/mol. The first-order chi connectivity index (χ1) is 15.5. The van der Waals surface area contributed by atoms with Crippen LogP contribution in [0.4, 0.5) is 10.2 Å². The molecule has 2 aromatic heterocycles. The van der Waals surface area contributed by atoms with E-state index < -0.39 is 5.97 Å². The van der Waals surface area contributed by atoms with Crippen molar-refractivity contribution in [3.8, 4) is 11.3 Å². The number of anilines is 1. The highest BCUT2D eigenvalue weighted by atomic mass is 19.1. The third kappa shape index (κ3) is 4.80. The number of aromatic nitrogens is 1. The summed E-state index contributed by atoms with van der Waals surface area (Å²) >= 11 is 0. The van der Waals surface area contributed by atoms with Crippen LogP contribution >= 0.6 is 0 Å². The summed E-state index contributed by atoms with van der Waals surface area (Å²) in [4.78, 5) is 33.0. The van der Waals surface area contributed by atoms with Crippen molar-refractivity contribution in [1.29, 1.82) is 0 Å². The first-order valence-corrected chi connectivity index (χ1v) is 10.6. The lowest BCUT2D eigenvalue weighted by Gasteiger charge is -2.22. The number of carbonyl (C=O) groups is 2. The van der Waals surface area contributed by atoms with Gasteiger partial charge in [0, 0.05) is 37.9 Å². The zero-order valence-electron chi connectivity index (χ0n) is 17.8. The third-order valence-corrected chi connectivity index (χ3v) is 5.31. The predicted octanol–water partition coefficient (Wildman–Crippen LogP) is 4.01. The number of rotatable bonds is 5. The molecule has 0 N–H and O–H groups in total. The number of carbonyl (C=O) groups excluding carboxylic acids is 2. The van der Waals surface area contributed by atoms with Crippen molar-refractivity contribution in [3.05, 3.63) is 71.9 Å². The van der Waals surface area contributed by atoms with E-state index in [1.165, 1.54) is 18.3 Å². The number of hydrogen-bond donors (Lipinski definition) is 0. The Morgan fingerprint density at radius 1 is 1.03 bits per heavy atom. The number of hydrogen-bond acceptors (Lipinski definition) is 6. The number of pyridine rings is 1. The van der Waals surface area contributed by atoms with Crippen LogP contribution in [0.3, 0.4) is 0 Å². The summed E-state index contributed by atoms with van der Waals surface area (Å²) in [6.45, 7) is 4.56. The number of esters is 1. The second kappa shape index (κ2) is 9.64. The van der Waals surface area contributed by atoms with E-state index in [0.717, 1.165) is 18.8 Å². The maximum absolute atomic E-state index is 13.1. The summed E-state index contributed by atoms with van der Waals surface area (Å²) in [6.07, 6.45) is 2.29. The maximum atomic E-state index is 13.1. The molecule has 1 aromatic carbocycles. The van der Waals surface area contributed by atoms with E-state index in [9.17, 15) is 14.0 Å². The molecule has 1 amide bonds. The molecule has 7 nitrogen and oxygen atoms in total. The summed E-state index contributed by atoms with van der Waals surface area (Å²) < 4.78 is 23.9. The third-order valence-electron chi connectivity index (χ3n) is 5.31. The maximum Gasteiger partial charge on any atom is 0.339 e. The summed E-state index contributed by atoms with van der Waals surface area (Å²) in [6, 6.07) is 12.8. The van der Waals surface area contributed by atoms with Crippen LogP contribution in [0.2, 0.25) is 0 Å². The van der Waals surface area contributed by atoms with Gasteiger partial charge < -0.3 is 19.0 Å². The minimum absolute atomic E-state index is 0.175. The molecule has 0 radical (unpaired) electrons. The summed E-state index contributed by atoms with van der Waals surface area (Å²) in [7, 11) is 0. The first kappa shape index (κ1) is 21.5. The van der Waals surface area contributed by atoms with Crippen LogP contribution < -0.4 is 4.90 Å². The van der Waals surface area contributed by atoms with Crippen LogP contribution in [-0.4, -0.2) is 54.5 Å². The van der Waals surface area contributed by atoms with Crippen LogP contribution in [0.5, 0.6) is 0 Å². The Kier molecular flexibility index (Phi) is 6.49. The van der Waals surface area contributed by atoms with Gasteiger partial charge in [-0.1, -0.05) is 0 Å². The molecule has 1 fully saturated rings. The smallest absolute Gasteiger partial charge is 0.339 e. The van der Waals surface area contributed by atoms with Crippen molar-refractivity contribution in [2.45, 2.75) is 13.3 Å². The van der Waals surface area contributed by atoms with E-state index >= 15 is 0 Å². The summed E-state index contributed by atoms with van der Waals surface area (Å²) in [5, 5.41) is 0. The van der Waals surface area contributed by atoms with Crippen LogP contribution in [0.1, 0.15) is 34.3 Å². The molecule has 4 rings (SSSR count). The molecule has 0 aliphatic carbocycles. The average Bonchev–Trinajstić information content (AvgIpc) is 3.17. The van der Waals surface area contributed by atoms with E-state index in [0.29, 0.717) is 43.1 Å². The van der Waals surface area contributed by atoms with Crippen LogP contribution in [0, 0.1) is 5.82 Å². The molecule has 1 aliphatic heterocycles. The molecule has 8 heteroatoms. The Morgan fingerprint density at radius 3 is 2.56 bits per heavy atom. The van der Waals surface area contributed by atoms with E-state index in [1.807, 2.05) is 0 Å². The number of furan rings is 1. The molecule has 0 spiro atoms. The van der Waals surface area contributed by atoms with Crippen LogP contribution in [0.15, 0.2) is 59.1 Å². The Morgan fingerprint density at radius 2 is 1.84 bits per heavy atom. The van der Waals surface area contributed by atoms with E-state index in [2.05, 4.69) is 9.88 Å². The van der Waals surface area contributed by atoms with Crippen molar-refractivity contribution in [2.75, 3.05) is 37.7 Å². The SMILES string of the molecule is CCOC(=O)c1ccc(N2CCCN(C(=O)c3ccc(-c4ccc(F)cc4)o3)CC2)nc1. The standard InChI is InChI=1S/C24H24FN3O4/c1-2-31-24(30)18-6-11-22(26-16-18)27-12-3-13-28(15-14-27)23(29)21-10-9-20(32-21)17-4-7-19(25)8-5-17/h4-11,16H,2-3,12-15H2,1H3. The zero-order valence-corrected chi connectivity index (χ0v) is 17.8. The van der Waals surface area contributed by atoms with Gasteiger partial charge in [-0.05, 0) is 61.9 Å². The lowest BCUT2D eigenvalue weighted by Crippen LogP contribution is -2.35. The Bertz CT molecular complexity index is 1080. The number of benzene rings is 1. The van der Waals surface area contributed by atoms with Crippen LogP contribution in [0.25, 0.3) is 11.3 Å². The van der Waals surface area contributed by atoms with Crippen molar-refractivity contribution in [1.82, 2.24) is 9.88 Å². The number of amides is 1. The fraction of sp³-hybridized carbons (Fsp3) is 0.292. The first-order valence-electron chi connectivity index (χ1n) is 10.6. The van der Waals surface area contributed by atoms with Gasteiger partial charge in [0.2, 0.25) is 0 Å². The van der Waals surface area contributed by atoms with Gasteiger partial charge in [-0.25, -0.2) is 14.2 Å². The molecule has 1 aliphatic rings. The van der Waals surface area contributed by atoms with Crippen molar-refractivity contribution in [2.24, 2.45) is 0 Å². The molecule has 3 aromatic rings. The average molecular weight is 437 g/mol. The highest BCUT2D eigenvalue weighted by Gasteiger charge is 2.23. The molecular weight excluding hydrogens is 413 g/mol. The normalized spacial score (nSPS) is 14.2. The van der Waals surface area contributed by atoms with Crippen LogP contribution in [-0.2, 0) is 4.74 Å². The van der Waals surface area contributed by atoms with Gasteiger partial charge in [-0.3, -0.25) is 4.79 Å². The van der Waals surface area contributed by atoms with Gasteiger partial charge in [-0.15, -0.1) is 0 Å². The lowest BCUT2D eigenvalue weighted by atomic mass is 10.2. The lowest BCUT2D eigenvalue weighted by molar-refractivity contribution is 0.0525. The number of nitrogens with zero attached hydrogens (tertiary/aromatic N) is 3. The molecule has 0 unspecified atom stereocenters. The molecule has 166 valence electrons. The van der Waals surface area contributed by atoms with Gasteiger partial charge in [0.05, 0.1) is 12.2 Å². The second-order valence-corrected chi connectivity index (χ2v) is 7.43. The molecule has 0 saturated carbocycles. The highest BCUT2D eigenvalue weighted by Crippen LogP contribution is 2.24. The molecule has 1 saturated heterocycles. The van der Waals surface area contributed by atoms with E-state index in [-0.39, 0.29) is 17.5 Å². The fourth-order valence-electron chi connectivity index (χ4n) is 3.64. The van der Waals surface area contributed by atoms with Crippen molar-refractivity contribution in [3.63, 3.8) is 0 Å². The number of ether oxygens (including phenoxy) is 1. The van der Waals surface area contributed by atoms with Crippen molar-refractivity contribution >= 4 is 17.7 Å². The molecule has 0 atom stereocenters. The summed E-state index contributed by atoms with van der Waals surface area (Å²) in [5.74, 6) is 0.647. The molecular formula is C24H24FN3O4. The second-order valence-electron chi connectivity index (χ2n) is 7.43. The van der Waals surface area contributed by atoms with Gasteiger partial charge in [0.15, 0.2) is 5.76 Å². The minimum Gasteiger partial charge on any atom is -0.462 e. The molecule has 0 bridgehead atoms. The van der Waals surface area contributed by atoms with Gasteiger partial charge in [0.1, 0.15) is 17.4 Å². The Hall–Kier alpha value is -3.68. The minimum atomic E-state index is -0.391. The van der Waals surface area contributed by atoms with Gasteiger partial charge in [-0.2, -0.15) is 0 Å². The quantitative estimate of drug-likeness (QED) is 0.562. The van der Waals surface area contributed by atoms with E-state index in [1.54, 1.807) is 48.2 Å². The van der Waals surface area contributed by atoms with Gasteiger partial charge >= 0.3 is 5.97 Å². The number of halogens is 1. The molecule has 32 heavy (non-hydrogen) atoms. The summed E-state index contributed by atoms with van der Waals surface area (Å²) in [5.41, 5.74) is 1.13. The highest BCUT2D eigenvalue weighted by molar-refractivity contribution is 5.92. The van der Waals surface area contributed by atoms with Crippen molar-refractivity contribution < 1.29 is 23.1 Å². The van der Waals surface area contributed by atoms with Gasteiger partial charge in [0.25, 0.3) is 5.91 Å². The fourth-order valence-corrected chi connectivity index (χ4v) is 3.64.